The van der Waals surface area contributed by atoms with E-state index in [9.17, 15) is 17.2 Å². The van der Waals surface area contributed by atoms with Gasteiger partial charge in [0.2, 0.25) is 0 Å². The van der Waals surface area contributed by atoms with Gasteiger partial charge in [-0.3, -0.25) is 9.82 Å². The van der Waals surface area contributed by atoms with Gasteiger partial charge < -0.3 is 5.73 Å². The summed E-state index contributed by atoms with van der Waals surface area (Å²) in [5.41, 5.74) is 5.11. The zero-order valence-corrected chi connectivity index (χ0v) is 9.63. The summed E-state index contributed by atoms with van der Waals surface area (Å²) in [5.74, 6) is -1.96. The first-order valence-corrected chi connectivity index (χ1v) is 6.14. The number of rotatable bonds is 3. The number of nitrogens with zero attached hydrogens (tertiary/aromatic N) is 1. The number of aromatic nitrogens is 2. The van der Waals surface area contributed by atoms with Crippen LogP contribution < -0.4 is 10.5 Å². The number of benzene rings is 1. The molecular formula is C9H8F2N4O2S. The predicted molar refractivity (Wildman–Crippen MR) is 60.2 cm³/mol. The number of aromatic amines is 1. The maximum atomic E-state index is 12.9. The molecule has 4 N–H and O–H groups in total. The van der Waals surface area contributed by atoms with E-state index in [1.807, 2.05) is 4.72 Å². The van der Waals surface area contributed by atoms with Gasteiger partial charge in [0.05, 0.1) is 11.9 Å². The van der Waals surface area contributed by atoms with Crippen LogP contribution in [0, 0.1) is 11.6 Å². The highest BCUT2D eigenvalue weighted by atomic mass is 32.2. The number of halogens is 2. The van der Waals surface area contributed by atoms with Crippen LogP contribution in [-0.4, -0.2) is 18.6 Å². The Hall–Kier alpha value is -2.16. The summed E-state index contributed by atoms with van der Waals surface area (Å²) in [6.07, 6.45) is 0.993. The molecule has 0 saturated carbocycles. The van der Waals surface area contributed by atoms with Gasteiger partial charge in [0, 0.05) is 6.07 Å². The SMILES string of the molecule is Nc1[nH]ncc1S(=O)(=O)Nc1cc(F)cc(F)c1. The van der Waals surface area contributed by atoms with E-state index in [-0.39, 0.29) is 16.4 Å². The van der Waals surface area contributed by atoms with Gasteiger partial charge in [-0.15, -0.1) is 0 Å². The molecule has 2 aromatic rings. The molecule has 0 aliphatic heterocycles. The number of anilines is 2. The van der Waals surface area contributed by atoms with E-state index in [2.05, 4.69) is 10.2 Å². The van der Waals surface area contributed by atoms with Crippen LogP contribution in [0.1, 0.15) is 0 Å². The molecule has 9 heteroatoms. The normalized spacial score (nSPS) is 11.4. The smallest absolute Gasteiger partial charge is 0.267 e. The summed E-state index contributed by atoms with van der Waals surface area (Å²) < 4.78 is 51.4. The van der Waals surface area contributed by atoms with Gasteiger partial charge >= 0.3 is 0 Å². The van der Waals surface area contributed by atoms with E-state index in [0.29, 0.717) is 6.07 Å². The highest BCUT2D eigenvalue weighted by Crippen LogP contribution is 2.20. The molecule has 0 aliphatic rings. The number of sulfonamides is 1. The fraction of sp³-hybridized carbons (Fsp3) is 0. The molecule has 0 atom stereocenters. The van der Waals surface area contributed by atoms with Gasteiger partial charge in [0.25, 0.3) is 10.0 Å². The van der Waals surface area contributed by atoms with Crippen molar-refractivity contribution in [1.29, 1.82) is 0 Å². The Morgan fingerprint density at radius 1 is 1.22 bits per heavy atom. The largest absolute Gasteiger partial charge is 0.383 e. The first-order chi connectivity index (χ1) is 8.38. The summed E-state index contributed by atoms with van der Waals surface area (Å²) in [7, 11) is -4.04. The Kier molecular flexibility index (Phi) is 2.91. The van der Waals surface area contributed by atoms with Gasteiger partial charge in [-0.05, 0) is 12.1 Å². The molecule has 0 spiro atoms. The van der Waals surface area contributed by atoms with Gasteiger partial charge in [0.1, 0.15) is 22.3 Å². The fourth-order valence-electron chi connectivity index (χ4n) is 1.32. The first-order valence-electron chi connectivity index (χ1n) is 4.66. The maximum absolute atomic E-state index is 12.9. The van der Waals surface area contributed by atoms with Crippen molar-refractivity contribution in [2.45, 2.75) is 4.90 Å². The van der Waals surface area contributed by atoms with E-state index < -0.39 is 21.7 Å². The molecule has 0 fully saturated rings. The molecule has 0 unspecified atom stereocenters. The Balaban J connectivity index is 2.37. The van der Waals surface area contributed by atoms with Gasteiger partial charge in [0.15, 0.2) is 0 Å². The minimum atomic E-state index is -4.04. The molecule has 2 rings (SSSR count). The zero-order valence-electron chi connectivity index (χ0n) is 8.81. The van der Waals surface area contributed by atoms with Crippen molar-refractivity contribution in [1.82, 2.24) is 10.2 Å². The zero-order chi connectivity index (χ0) is 13.3. The Labute approximate surface area is 101 Å². The van der Waals surface area contributed by atoms with Gasteiger partial charge in [-0.2, -0.15) is 5.10 Å². The van der Waals surface area contributed by atoms with Crippen LogP contribution in [0.5, 0.6) is 0 Å². The van der Waals surface area contributed by atoms with Crippen LogP contribution in [0.25, 0.3) is 0 Å². The predicted octanol–water partition coefficient (Wildman–Crippen LogP) is 1.07. The third kappa shape index (κ3) is 2.40. The lowest BCUT2D eigenvalue weighted by molar-refractivity contribution is 0.584. The molecule has 0 saturated heterocycles. The van der Waals surface area contributed by atoms with Gasteiger partial charge in [-0.1, -0.05) is 0 Å². The van der Waals surface area contributed by atoms with Crippen molar-refractivity contribution in [3.05, 3.63) is 36.0 Å². The van der Waals surface area contributed by atoms with Crippen LogP contribution in [0.4, 0.5) is 20.3 Å². The van der Waals surface area contributed by atoms with Crippen LogP contribution in [0.2, 0.25) is 0 Å². The standard InChI is InChI=1S/C9H8F2N4O2S/c10-5-1-6(11)3-7(2-5)15-18(16,17)8-4-13-14-9(8)12/h1-4,15H,(H3,12,13,14). The van der Waals surface area contributed by atoms with Crippen molar-refractivity contribution >= 4 is 21.5 Å². The van der Waals surface area contributed by atoms with Crippen LogP contribution in [-0.2, 0) is 10.0 Å². The lowest BCUT2D eigenvalue weighted by Gasteiger charge is -2.07. The summed E-state index contributed by atoms with van der Waals surface area (Å²) >= 11 is 0. The summed E-state index contributed by atoms with van der Waals surface area (Å²) in [5, 5.41) is 5.69. The highest BCUT2D eigenvalue weighted by molar-refractivity contribution is 7.92. The molecule has 0 radical (unpaired) electrons. The third-order valence-corrected chi connectivity index (χ3v) is 3.45. The maximum Gasteiger partial charge on any atom is 0.267 e. The molecule has 0 bridgehead atoms. The molecule has 6 nitrogen and oxygen atoms in total. The first kappa shape index (κ1) is 12.3. The Bertz CT molecular complexity index is 663. The number of H-pyrrole nitrogens is 1. The number of nitrogens with two attached hydrogens (primary N) is 1. The quantitative estimate of drug-likeness (QED) is 0.779. The van der Waals surface area contributed by atoms with Crippen LogP contribution in [0.15, 0.2) is 29.3 Å². The summed E-state index contributed by atoms with van der Waals surface area (Å²) in [6.45, 7) is 0. The average molecular weight is 274 g/mol. The van der Waals surface area contributed by atoms with Crippen LogP contribution in [0.3, 0.4) is 0 Å². The molecule has 0 amide bonds. The highest BCUT2D eigenvalue weighted by Gasteiger charge is 2.19. The lowest BCUT2D eigenvalue weighted by Crippen LogP contribution is -2.14. The molecule has 1 aromatic heterocycles. The number of hydrogen-bond donors (Lipinski definition) is 3. The number of nitrogen functional groups attached to an aromatic ring is 1. The molecular weight excluding hydrogens is 266 g/mol. The van der Waals surface area contributed by atoms with E-state index in [1.54, 1.807) is 0 Å². The van der Waals surface area contributed by atoms with Gasteiger partial charge in [-0.25, -0.2) is 17.2 Å². The minimum Gasteiger partial charge on any atom is -0.383 e. The molecule has 1 heterocycles. The summed E-state index contributed by atoms with van der Waals surface area (Å²) in [4.78, 5) is -0.299. The van der Waals surface area contributed by atoms with Crippen molar-refractivity contribution in [2.24, 2.45) is 0 Å². The Morgan fingerprint density at radius 3 is 2.33 bits per heavy atom. The van der Waals surface area contributed by atoms with E-state index in [4.69, 9.17) is 5.73 Å². The van der Waals surface area contributed by atoms with E-state index in [0.717, 1.165) is 18.3 Å². The lowest BCUT2D eigenvalue weighted by atomic mass is 10.3. The average Bonchev–Trinajstić information content (AvgIpc) is 2.62. The molecule has 96 valence electrons. The third-order valence-electron chi connectivity index (χ3n) is 2.04. The molecule has 1 aromatic carbocycles. The second-order valence-corrected chi connectivity index (χ2v) is 5.06. The topological polar surface area (TPSA) is 101 Å². The second kappa shape index (κ2) is 4.26. The Morgan fingerprint density at radius 2 is 1.83 bits per heavy atom. The van der Waals surface area contributed by atoms with Crippen molar-refractivity contribution in [3.63, 3.8) is 0 Å². The van der Waals surface area contributed by atoms with Crippen LogP contribution >= 0.6 is 0 Å². The molecule has 18 heavy (non-hydrogen) atoms. The van der Waals surface area contributed by atoms with E-state index >= 15 is 0 Å². The van der Waals surface area contributed by atoms with Crippen molar-refractivity contribution in [3.8, 4) is 0 Å². The number of hydrogen-bond acceptors (Lipinski definition) is 4. The fourth-order valence-corrected chi connectivity index (χ4v) is 2.39. The van der Waals surface area contributed by atoms with Crippen molar-refractivity contribution in [2.75, 3.05) is 10.5 Å². The number of nitrogens with one attached hydrogen (secondary N) is 2. The van der Waals surface area contributed by atoms with Crippen molar-refractivity contribution < 1.29 is 17.2 Å². The minimum absolute atomic E-state index is 0.167. The summed E-state index contributed by atoms with van der Waals surface area (Å²) in [6, 6.07) is 2.32. The monoisotopic (exact) mass is 274 g/mol. The van der Waals surface area contributed by atoms with E-state index in [1.165, 1.54) is 0 Å². The second-order valence-electron chi connectivity index (χ2n) is 3.41. The molecule has 0 aliphatic carbocycles.